The van der Waals surface area contributed by atoms with Crippen molar-refractivity contribution in [1.82, 2.24) is 10.6 Å². The summed E-state index contributed by atoms with van der Waals surface area (Å²) in [5.41, 5.74) is 1.17. The Kier molecular flexibility index (Phi) is 6.68. The summed E-state index contributed by atoms with van der Waals surface area (Å²) in [4.78, 5) is 11.5. The fourth-order valence-corrected chi connectivity index (χ4v) is 2.46. The Bertz CT molecular complexity index is 379. The lowest BCUT2D eigenvalue weighted by atomic mass is 10.2. The van der Waals surface area contributed by atoms with Crippen LogP contribution in [0, 0.1) is 5.92 Å². The molecule has 0 aliphatic rings. The fraction of sp³-hybridized carbons (Fsp3) is 0.615. The molecule has 1 aromatic heterocycles. The number of thiophene rings is 1. The number of hydrogen-bond acceptors (Lipinski definition) is 3. The van der Waals surface area contributed by atoms with Crippen LogP contribution in [0.2, 0.25) is 4.34 Å². The first kappa shape index (κ1) is 15.5. The van der Waals surface area contributed by atoms with E-state index in [1.54, 1.807) is 0 Å². The van der Waals surface area contributed by atoms with Crippen molar-refractivity contribution >= 4 is 28.8 Å². The molecule has 2 N–H and O–H groups in total. The molecule has 0 fully saturated rings. The lowest BCUT2D eigenvalue weighted by molar-refractivity contribution is -0.121. The van der Waals surface area contributed by atoms with Crippen LogP contribution in [0.15, 0.2) is 11.4 Å². The van der Waals surface area contributed by atoms with Gasteiger partial charge in [0.2, 0.25) is 5.91 Å². The van der Waals surface area contributed by atoms with Gasteiger partial charge in [0.25, 0.3) is 0 Å². The van der Waals surface area contributed by atoms with Gasteiger partial charge in [-0.2, -0.15) is 0 Å². The Morgan fingerprint density at radius 3 is 2.72 bits per heavy atom. The van der Waals surface area contributed by atoms with Crippen LogP contribution in [0.25, 0.3) is 0 Å². The molecule has 0 bridgehead atoms. The summed E-state index contributed by atoms with van der Waals surface area (Å²) < 4.78 is 0.799. The predicted octanol–water partition coefficient (Wildman–Crippen LogP) is 3.21. The minimum absolute atomic E-state index is 0.103. The van der Waals surface area contributed by atoms with Gasteiger partial charge in [-0.3, -0.25) is 4.79 Å². The number of rotatable bonds is 7. The lowest BCUT2D eigenvalue weighted by Crippen LogP contribution is -2.31. The average Bonchev–Trinajstić information content (AvgIpc) is 2.73. The van der Waals surface area contributed by atoms with Crippen LogP contribution in [0.1, 0.15) is 38.8 Å². The smallest absolute Gasteiger partial charge is 0.221 e. The molecule has 0 saturated carbocycles. The number of amides is 1. The maximum absolute atomic E-state index is 11.5. The standard InChI is InChI=1S/C13H21ClN2OS/c1-9(2)7-16-13(17)4-5-15-10(3)11-6-12(14)18-8-11/h6,8-10,15H,4-5,7H2,1-3H3,(H,16,17). The first-order valence-electron chi connectivity index (χ1n) is 6.23. The first-order chi connectivity index (χ1) is 8.49. The number of hydrogen-bond donors (Lipinski definition) is 2. The summed E-state index contributed by atoms with van der Waals surface area (Å²) in [5.74, 6) is 0.598. The lowest BCUT2D eigenvalue weighted by Gasteiger charge is -2.12. The third-order valence-electron chi connectivity index (χ3n) is 2.60. The van der Waals surface area contributed by atoms with Gasteiger partial charge in [-0.05, 0) is 29.9 Å². The molecular formula is C13H21ClN2OS. The van der Waals surface area contributed by atoms with E-state index in [0.29, 0.717) is 18.9 Å². The number of carbonyl (C=O) groups is 1. The van der Waals surface area contributed by atoms with Crippen LogP contribution in [0.3, 0.4) is 0 Å². The molecular weight excluding hydrogens is 268 g/mol. The van der Waals surface area contributed by atoms with Gasteiger partial charge in [0, 0.05) is 25.6 Å². The predicted molar refractivity (Wildman–Crippen MR) is 78.2 cm³/mol. The van der Waals surface area contributed by atoms with E-state index >= 15 is 0 Å². The Balaban J connectivity index is 2.19. The highest BCUT2D eigenvalue weighted by Gasteiger charge is 2.08. The van der Waals surface area contributed by atoms with E-state index in [9.17, 15) is 4.79 Å². The van der Waals surface area contributed by atoms with Crippen molar-refractivity contribution in [2.75, 3.05) is 13.1 Å². The SMILES string of the molecule is CC(C)CNC(=O)CCNC(C)c1csc(Cl)c1. The highest BCUT2D eigenvalue weighted by atomic mass is 35.5. The number of nitrogens with one attached hydrogen (secondary N) is 2. The van der Waals surface area contributed by atoms with Crippen LogP contribution in [0.4, 0.5) is 0 Å². The Morgan fingerprint density at radius 2 is 2.17 bits per heavy atom. The summed E-state index contributed by atoms with van der Waals surface area (Å²) in [5, 5.41) is 8.26. The van der Waals surface area contributed by atoms with Gasteiger partial charge in [-0.15, -0.1) is 11.3 Å². The normalized spacial score (nSPS) is 12.7. The molecule has 1 heterocycles. The van der Waals surface area contributed by atoms with E-state index in [2.05, 4.69) is 31.4 Å². The Morgan fingerprint density at radius 1 is 1.44 bits per heavy atom. The van der Waals surface area contributed by atoms with Crippen molar-refractivity contribution in [1.29, 1.82) is 0 Å². The zero-order valence-electron chi connectivity index (χ0n) is 11.1. The van der Waals surface area contributed by atoms with Gasteiger partial charge in [-0.1, -0.05) is 25.4 Å². The number of carbonyl (C=O) groups excluding carboxylic acids is 1. The molecule has 0 aliphatic carbocycles. The molecule has 1 rings (SSSR count). The molecule has 0 aliphatic heterocycles. The third-order valence-corrected chi connectivity index (χ3v) is 3.71. The molecule has 0 aromatic carbocycles. The third kappa shape index (κ3) is 5.85. The van der Waals surface area contributed by atoms with Gasteiger partial charge >= 0.3 is 0 Å². The quantitative estimate of drug-likeness (QED) is 0.809. The largest absolute Gasteiger partial charge is 0.356 e. The minimum atomic E-state index is 0.103. The fourth-order valence-electron chi connectivity index (χ4n) is 1.48. The van der Waals surface area contributed by atoms with Gasteiger partial charge in [0.15, 0.2) is 0 Å². The monoisotopic (exact) mass is 288 g/mol. The van der Waals surface area contributed by atoms with E-state index in [0.717, 1.165) is 10.9 Å². The maximum Gasteiger partial charge on any atom is 0.221 e. The number of halogens is 1. The average molecular weight is 289 g/mol. The van der Waals surface area contributed by atoms with Gasteiger partial charge < -0.3 is 10.6 Å². The Hall–Kier alpha value is -0.580. The van der Waals surface area contributed by atoms with Gasteiger partial charge in [0.1, 0.15) is 0 Å². The van der Waals surface area contributed by atoms with Crippen LogP contribution in [-0.4, -0.2) is 19.0 Å². The van der Waals surface area contributed by atoms with Crippen LogP contribution in [-0.2, 0) is 4.79 Å². The van der Waals surface area contributed by atoms with E-state index in [-0.39, 0.29) is 11.9 Å². The second-order valence-corrected chi connectivity index (χ2v) is 6.35. The summed E-state index contributed by atoms with van der Waals surface area (Å²) in [6.45, 7) is 7.67. The summed E-state index contributed by atoms with van der Waals surface area (Å²) in [7, 11) is 0. The van der Waals surface area contributed by atoms with Crippen molar-refractivity contribution in [3.8, 4) is 0 Å². The van der Waals surface area contributed by atoms with E-state index in [4.69, 9.17) is 11.6 Å². The summed E-state index contributed by atoms with van der Waals surface area (Å²) >= 11 is 7.42. The zero-order valence-corrected chi connectivity index (χ0v) is 12.7. The van der Waals surface area contributed by atoms with Crippen molar-refractivity contribution in [3.05, 3.63) is 21.3 Å². The van der Waals surface area contributed by atoms with Crippen molar-refractivity contribution in [3.63, 3.8) is 0 Å². The van der Waals surface area contributed by atoms with Crippen molar-refractivity contribution in [2.24, 2.45) is 5.92 Å². The van der Waals surface area contributed by atoms with Gasteiger partial charge in [0.05, 0.1) is 4.34 Å². The van der Waals surface area contributed by atoms with E-state index in [1.165, 1.54) is 16.9 Å². The molecule has 3 nitrogen and oxygen atoms in total. The molecule has 1 aromatic rings. The molecule has 5 heteroatoms. The highest BCUT2D eigenvalue weighted by molar-refractivity contribution is 7.14. The molecule has 1 amide bonds. The minimum Gasteiger partial charge on any atom is -0.356 e. The highest BCUT2D eigenvalue weighted by Crippen LogP contribution is 2.24. The molecule has 1 unspecified atom stereocenters. The first-order valence-corrected chi connectivity index (χ1v) is 7.48. The molecule has 102 valence electrons. The van der Waals surface area contributed by atoms with Crippen LogP contribution in [0.5, 0.6) is 0 Å². The maximum atomic E-state index is 11.5. The van der Waals surface area contributed by atoms with Crippen LogP contribution >= 0.6 is 22.9 Å². The molecule has 0 radical (unpaired) electrons. The van der Waals surface area contributed by atoms with E-state index < -0.39 is 0 Å². The van der Waals surface area contributed by atoms with Crippen LogP contribution < -0.4 is 10.6 Å². The molecule has 18 heavy (non-hydrogen) atoms. The molecule has 1 atom stereocenters. The second-order valence-electron chi connectivity index (χ2n) is 4.81. The van der Waals surface area contributed by atoms with Crippen molar-refractivity contribution < 1.29 is 4.79 Å². The summed E-state index contributed by atoms with van der Waals surface area (Å²) in [6.07, 6.45) is 0.509. The van der Waals surface area contributed by atoms with Crippen molar-refractivity contribution in [2.45, 2.75) is 33.2 Å². The Labute approximate surface area is 118 Å². The second kappa shape index (κ2) is 7.77. The van der Waals surface area contributed by atoms with Gasteiger partial charge in [-0.25, -0.2) is 0 Å². The molecule has 0 saturated heterocycles. The van der Waals surface area contributed by atoms with E-state index in [1.807, 2.05) is 11.4 Å². The zero-order chi connectivity index (χ0) is 13.5. The molecule has 0 spiro atoms. The topological polar surface area (TPSA) is 41.1 Å². The summed E-state index contributed by atoms with van der Waals surface area (Å²) in [6, 6.07) is 2.19.